The SMILES string of the molecule is COC(=O)C(N)CC1CCN(CC(C)C)C1. The van der Waals surface area contributed by atoms with Crippen LogP contribution in [0.1, 0.15) is 26.7 Å². The van der Waals surface area contributed by atoms with Crippen molar-refractivity contribution in [3.63, 3.8) is 0 Å². The molecule has 1 rings (SSSR count). The van der Waals surface area contributed by atoms with E-state index in [0.717, 1.165) is 32.5 Å². The molecule has 0 radical (unpaired) electrons. The van der Waals surface area contributed by atoms with Gasteiger partial charge in [0.05, 0.1) is 7.11 Å². The number of nitrogens with two attached hydrogens (primary N) is 1. The molecule has 4 nitrogen and oxygen atoms in total. The van der Waals surface area contributed by atoms with Crippen LogP contribution in [0.3, 0.4) is 0 Å². The molecule has 0 bridgehead atoms. The van der Waals surface area contributed by atoms with Gasteiger partial charge in [-0.3, -0.25) is 4.79 Å². The maximum atomic E-state index is 11.2. The first-order valence-corrected chi connectivity index (χ1v) is 6.08. The lowest BCUT2D eigenvalue weighted by Gasteiger charge is -2.19. The van der Waals surface area contributed by atoms with E-state index in [2.05, 4.69) is 23.5 Å². The van der Waals surface area contributed by atoms with E-state index in [0.29, 0.717) is 11.8 Å². The van der Waals surface area contributed by atoms with Crippen LogP contribution in [0.15, 0.2) is 0 Å². The summed E-state index contributed by atoms with van der Waals surface area (Å²) in [6.07, 6.45) is 1.90. The molecule has 0 aromatic heterocycles. The van der Waals surface area contributed by atoms with Crippen LogP contribution in [-0.2, 0) is 9.53 Å². The minimum absolute atomic E-state index is 0.290. The molecule has 1 aliphatic rings. The van der Waals surface area contributed by atoms with Gasteiger partial charge in [0.15, 0.2) is 0 Å². The maximum absolute atomic E-state index is 11.2. The van der Waals surface area contributed by atoms with Crippen molar-refractivity contribution in [3.05, 3.63) is 0 Å². The average molecular weight is 228 g/mol. The fourth-order valence-electron chi connectivity index (χ4n) is 2.39. The van der Waals surface area contributed by atoms with Crippen molar-refractivity contribution in [1.29, 1.82) is 0 Å². The van der Waals surface area contributed by atoms with E-state index >= 15 is 0 Å². The van der Waals surface area contributed by atoms with Gasteiger partial charge in [-0.15, -0.1) is 0 Å². The second kappa shape index (κ2) is 6.21. The van der Waals surface area contributed by atoms with Gasteiger partial charge in [0.25, 0.3) is 0 Å². The molecule has 0 amide bonds. The molecule has 1 aliphatic heterocycles. The number of esters is 1. The van der Waals surface area contributed by atoms with E-state index in [1.165, 1.54) is 7.11 Å². The number of likely N-dealkylation sites (tertiary alicyclic amines) is 1. The van der Waals surface area contributed by atoms with Crippen LogP contribution in [0.4, 0.5) is 0 Å². The quantitative estimate of drug-likeness (QED) is 0.709. The first kappa shape index (κ1) is 13.5. The predicted molar refractivity (Wildman–Crippen MR) is 64.0 cm³/mol. The van der Waals surface area contributed by atoms with Gasteiger partial charge in [0.1, 0.15) is 6.04 Å². The molecule has 0 aromatic rings. The second-order valence-electron chi connectivity index (χ2n) is 5.17. The summed E-state index contributed by atoms with van der Waals surface area (Å²) in [6, 6.07) is -0.450. The van der Waals surface area contributed by atoms with Gasteiger partial charge >= 0.3 is 5.97 Å². The highest BCUT2D eigenvalue weighted by Crippen LogP contribution is 2.21. The van der Waals surface area contributed by atoms with Crippen LogP contribution >= 0.6 is 0 Å². The number of methoxy groups -OCH3 is 1. The summed E-state index contributed by atoms with van der Waals surface area (Å²) in [7, 11) is 1.39. The maximum Gasteiger partial charge on any atom is 0.322 e. The smallest absolute Gasteiger partial charge is 0.322 e. The molecule has 0 aliphatic carbocycles. The van der Waals surface area contributed by atoms with Gasteiger partial charge in [-0.1, -0.05) is 13.8 Å². The lowest BCUT2D eigenvalue weighted by atomic mass is 10.00. The van der Waals surface area contributed by atoms with Crippen molar-refractivity contribution in [3.8, 4) is 0 Å². The summed E-state index contributed by atoms with van der Waals surface area (Å²) in [4.78, 5) is 13.7. The molecule has 16 heavy (non-hydrogen) atoms. The molecule has 1 fully saturated rings. The highest BCUT2D eigenvalue weighted by atomic mass is 16.5. The van der Waals surface area contributed by atoms with Crippen LogP contribution in [0, 0.1) is 11.8 Å². The normalized spacial score (nSPS) is 23.7. The Kier molecular flexibility index (Phi) is 5.22. The van der Waals surface area contributed by atoms with E-state index in [-0.39, 0.29) is 5.97 Å². The zero-order valence-corrected chi connectivity index (χ0v) is 10.6. The summed E-state index contributed by atoms with van der Waals surface area (Å²) < 4.78 is 4.64. The highest BCUT2D eigenvalue weighted by Gasteiger charge is 2.26. The van der Waals surface area contributed by atoms with Crippen LogP contribution in [0.25, 0.3) is 0 Å². The second-order valence-corrected chi connectivity index (χ2v) is 5.17. The number of carbonyl (C=O) groups is 1. The molecule has 2 atom stereocenters. The van der Waals surface area contributed by atoms with Gasteiger partial charge in [-0.05, 0) is 31.2 Å². The molecule has 0 saturated carbocycles. The summed E-state index contributed by atoms with van der Waals surface area (Å²) in [5.41, 5.74) is 5.76. The minimum atomic E-state index is -0.450. The number of hydrogen-bond donors (Lipinski definition) is 1. The Morgan fingerprint density at radius 1 is 1.56 bits per heavy atom. The fraction of sp³-hybridized carbons (Fsp3) is 0.917. The Hall–Kier alpha value is -0.610. The van der Waals surface area contributed by atoms with Crippen LogP contribution in [0.2, 0.25) is 0 Å². The molecule has 1 saturated heterocycles. The number of hydrogen-bond acceptors (Lipinski definition) is 4. The van der Waals surface area contributed by atoms with Crippen molar-refractivity contribution in [1.82, 2.24) is 4.90 Å². The van der Waals surface area contributed by atoms with Crippen molar-refractivity contribution in [2.24, 2.45) is 17.6 Å². The number of carbonyl (C=O) groups excluding carboxylic acids is 1. The van der Waals surface area contributed by atoms with Gasteiger partial charge in [-0.2, -0.15) is 0 Å². The molecule has 0 aromatic carbocycles. The zero-order valence-electron chi connectivity index (χ0n) is 10.6. The van der Waals surface area contributed by atoms with E-state index in [1.54, 1.807) is 0 Å². The third-order valence-electron chi connectivity index (χ3n) is 3.08. The van der Waals surface area contributed by atoms with Crippen LogP contribution < -0.4 is 5.73 Å². The van der Waals surface area contributed by atoms with Gasteiger partial charge in [-0.25, -0.2) is 0 Å². The summed E-state index contributed by atoms with van der Waals surface area (Å²) in [5.74, 6) is 0.961. The van der Waals surface area contributed by atoms with E-state index in [4.69, 9.17) is 5.73 Å². The topological polar surface area (TPSA) is 55.6 Å². The first-order valence-electron chi connectivity index (χ1n) is 6.08. The molecule has 0 spiro atoms. The van der Waals surface area contributed by atoms with E-state index in [1.807, 2.05) is 0 Å². The summed E-state index contributed by atoms with van der Waals surface area (Å²) >= 11 is 0. The lowest BCUT2D eigenvalue weighted by molar-refractivity contribution is -0.142. The predicted octanol–water partition coefficient (Wildman–Crippen LogP) is 0.855. The summed E-state index contributed by atoms with van der Waals surface area (Å²) in [6.45, 7) is 7.81. The third kappa shape index (κ3) is 4.10. The van der Waals surface area contributed by atoms with E-state index < -0.39 is 6.04 Å². The number of ether oxygens (including phenoxy) is 1. The Morgan fingerprint density at radius 2 is 2.25 bits per heavy atom. The van der Waals surface area contributed by atoms with Crippen molar-refractivity contribution in [2.45, 2.75) is 32.7 Å². The monoisotopic (exact) mass is 228 g/mol. The molecule has 2 unspecified atom stereocenters. The Balaban J connectivity index is 2.28. The zero-order chi connectivity index (χ0) is 12.1. The average Bonchev–Trinajstić information content (AvgIpc) is 2.63. The minimum Gasteiger partial charge on any atom is -0.468 e. The molecule has 1 heterocycles. The Morgan fingerprint density at radius 3 is 2.81 bits per heavy atom. The molecule has 2 N–H and O–H groups in total. The third-order valence-corrected chi connectivity index (χ3v) is 3.08. The highest BCUT2D eigenvalue weighted by molar-refractivity contribution is 5.75. The van der Waals surface area contributed by atoms with Gasteiger partial charge in [0.2, 0.25) is 0 Å². The van der Waals surface area contributed by atoms with Crippen molar-refractivity contribution < 1.29 is 9.53 Å². The lowest BCUT2D eigenvalue weighted by Crippen LogP contribution is -2.34. The van der Waals surface area contributed by atoms with E-state index in [9.17, 15) is 4.79 Å². The molecular weight excluding hydrogens is 204 g/mol. The number of nitrogens with zero attached hydrogens (tertiary/aromatic N) is 1. The molecular formula is C12H24N2O2. The van der Waals surface area contributed by atoms with Gasteiger partial charge < -0.3 is 15.4 Å². The number of rotatable bonds is 5. The van der Waals surface area contributed by atoms with Crippen molar-refractivity contribution >= 4 is 5.97 Å². The largest absolute Gasteiger partial charge is 0.468 e. The molecule has 4 heteroatoms. The Labute approximate surface area is 98.1 Å². The van der Waals surface area contributed by atoms with Crippen molar-refractivity contribution in [2.75, 3.05) is 26.7 Å². The van der Waals surface area contributed by atoms with Crippen LogP contribution in [0.5, 0.6) is 0 Å². The molecule has 94 valence electrons. The standard InChI is InChI=1S/C12H24N2O2/c1-9(2)7-14-5-4-10(8-14)6-11(13)12(15)16-3/h9-11H,4-8,13H2,1-3H3. The summed E-state index contributed by atoms with van der Waals surface area (Å²) in [5, 5.41) is 0. The van der Waals surface area contributed by atoms with Crippen LogP contribution in [-0.4, -0.2) is 43.7 Å². The first-order chi connectivity index (χ1) is 7.52. The van der Waals surface area contributed by atoms with Gasteiger partial charge in [0, 0.05) is 13.1 Å². The Bertz CT molecular complexity index is 231. The fourth-order valence-corrected chi connectivity index (χ4v) is 2.39.